The largest absolute Gasteiger partial charge is 0.416 e. The molecule has 0 amide bonds. The predicted octanol–water partition coefficient (Wildman–Crippen LogP) is 7.58. The van der Waals surface area contributed by atoms with Crippen LogP contribution in [0.15, 0.2) is 93.3 Å². The zero-order chi connectivity index (χ0) is 20.0. The van der Waals surface area contributed by atoms with Gasteiger partial charge in [0.15, 0.2) is 0 Å². The van der Waals surface area contributed by atoms with Gasteiger partial charge in [-0.15, -0.1) is 0 Å². The van der Waals surface area contributed by atoms with E-state index < -0.39 is 11.7 Å². The van der Waals surface area contributed by atoms with Gasteiger partial charge in [0.2, 0.25) is 0 Å². The van der Waals surface area contributed by atoms with Gasteiger partial charge in [-0.3, -0.25) is 0 Å². The molecule has 0 unspecified atom stereocenters. The van der Waals surface area contributed by atoms with E-state index in [4.69, 9.17) is 0 Å². The summed E-state index contributed by atoms with van der Waals surface area (Å²) in [6.45, 7) is 0. The van der Waals surface area contributed by atoms with E-state index >= 15 is 0 Å². The Labute approximate surface area is 159 Å². The molecule has 8 heteroatoms. The van der Waals surface area contributed by atoms with Crippen LogP contribution in [0.5, 0.6) is 0 Å². The van der Waals surface area contributed by atoms with Crippen molar-refractivity contribution in [1.82, 2.24) is 0 Å². The Bertz CT molecular complexity index is 961. The molecule has 0 saturated heterocycles. The maximum atomic E-state index is 12.5. The fraction of sp³-hybridized carbons (Fsp3) is 0.100. The first-order chi connectivity index (χ1) is 13.4. The van der Waals surface area contributed by atoms with Crippen LogP contribution in [0.1, 0.15) is 5.56 Å². The monoisotopic (exact) mass is 383 g/mol. The summed E-state index contributed by atoms with van der Waals surface area (Å²) < 4.78 is 37.6. The highest BCUT2D eigenvalue weighted by atomic mass is 19.4. The number of halogens is 3. The smallest absolute Gasteiger partial charge is 0.388 e. The SMILES string of the molecule is CNc1ccc(N=Nc2ccc(N=Nc3ccc(C(F)(F)F)cc3)cc2)cc1. The van der Waals surface area contributed by atoms with Crippen LogP contribution in [0.4, 0.5) is 41.6 Å². The lowest BCUT2D eigenvalue weighted by molar-refractivity contribution is -0.137. The summed E-state index contributed by atoms with van der Waals surface area (Å²) in [7, 11) is 1.84. The molecule has 5 nitrogen and oxygen atoms in total. The van der Waals surface area contributed by atoms with E-state index in [2.05, 4.69) is 25.8 Å². The lowest BCUT2D eigenvalue weighted by atomic mass is 10.2. The lowest BCUT2D eigenvalue weighted by Gasteiger charge is -2.05. The van der Waals surface area contributed by atoms with Crippen LogP contribution < -0.4 is 5.32 Å². The molecule has 1 N–H and O–H groups in total. The molecular weight excluding hydrogens is 367 g/mol. The first kappa shape index (κ1) is 19.2. The van der Waals surface area contributed by atoms with Crippen molar-refractivity contribution in [2.75, 3.05) is 12.4 Å². The number of hydrogen-bond acceptors (Lipinski definition) is 5. The number of anilines is 1. The maximum Gasteiger partial charge on any atom is 0.416 e. The number of azo groups is 2. The van der Waals surface area contributed by atoms with E-state index in [-0.39, 0.29) is 0 Å². The van der Waals surface area contributed by atoms with E-state index in [0.29, 0.717) is 17.1 Å². The van der Waals surface area contributed by atoms with E-state index in [9.17, 15) is 13.2 Å². The molecule has 0 atom stereocenters. The summed E-state index contributed by atoms with van der Waals surface area (Å²) in [4.78, 5) is 0. The fourth-order valence-electron chi connectivity index (χ4n) is 2.23. The summed E-state index contributed by atoms with van der Waals surface area (Å²) in [6.07, 6.45) is -4.37. The quantitative estimate of drug-likeness (QED) is 0.454. The zero-order valence-electron chi connectivity index (χ0n) is 14.9. The highest BCUT2D eigenvalue weighted by Gasteiger charge is 2.29. The number of alkyl halides is 3. The van der Waals surface area contributed by atoms with E-state index in [1.807, 2.05) is 31.3 Å². The summed E-state index contributed by atoms with van der Waals surface area (Å²) in [5, 5.41) is 19.3. The minimum atomic E-state index is -4.37. The van der Waals surface area contributed by atoms with Gasteiger partial charge in [0, 0.05) is 12.7 Å². The second-order valence-electron chi connectivity index (χ2n) is 5.76. The third-order valence-electron chi connectivity index (χ3n) is 3.76. The van der Waals surface area contributed by atoms with Crippen LogP contribution in [-0.2, 0) is 6.18 Å². The van der Waals surface area contributed by atoms with E-state index in [1.54, 1.807) is 24.3 Å². The molecule has 3 rings (SSSR count). The molecular formula is C20H16F3N5. The summed E-state index contributed by atoms with van der Waals surface area (Å²) >= 11 is 0. The van der Waals surface area contributed by atoms with Crippen LogP contribution in [0.3, 0.4) is 0 Å². The van der Waals surface area contributed by atoms with Gasteiger partial charge in [-0.2, -0.15) is 33.6 Å². The van der Waals surface area contributed by atoms with Crippen LogP contribution in [-0.4, -0.2) is 7.05 Å². The molecule has 0 saturated carbocycles. The molecule has 0 radical (unpaired) electrons. The molecule has 3 aromatic rings. The summed E-state index contributed by atoms with van der Waals surface area (Å²) in [5.41, 5.74) is 2.53. The Kier molecular flexibility index (Phi) is 5.78. The summed E-state index contributed by atoms with van der Waals surface area (Å²) in [5.74, 6) is 0. The van der Waals surface area contributed by atoms with Crippen LogP contribution >= 0.6 is 0 Å². The second-order valence-corrected chi connectivity index (χ2v) is 5.76. The topological polar surface area (TPSA) is 61.5 Å². The van der Waals surface area contributed by atoms with Crippen LogP contribution in [0.2, 0.25) is 0 Å². The minimum Gasteiger partial charge on any atom is -0.388 e. The summed E-state index contributed by atoms with van der Waals surface area (Å²) in [6, 6.07) is 18.9. The van der Waals surface area contributed by atoms with Crippen molar-refractivity contribution in [3.8, 4) is 0 Å². The molecule has 0 heterocycles. The number of benzene rings is 3. The number of nitrogens with zero attached hydrogens (tertiary/aromatic N) is 4. The van der Waals surface area contributed by atoms with Crippen molar-refractivity contribution in [3.63, 3.8) is 0 Å². The molecule has 0 bridgehead atoms. The molecule has 0 fully saturated rings. The van der Waals surface area contributed by atoms with Crippen molar-refractivity contribution in [1.29, 1.82) is 0 Å². The predicted molar refractivity (Wildman–Crippen MR) is 102 cm³/mol. The lowest BCUT2D eigenvalue weighted by Crippen LogP contribution is -2.03. The Morgan fingerprint density at radius 3 is 1.21 bits per heavy atom. The van der Waals surface area contributed by atoms with Gasteiger partial charge in [0.05, 0.1) is 28.3 Å². The average molecular weight is 383 g/mol. The highest BCUT2D eigenvalue weighted by Crippen LogP contribution is 2.31. The molecule has 0 aliphatic heterocycles. The third kappa shape index (κ3) is 5.23. The molecule has 3 aromatic carbocycles. The number of nitrogens with one attached hydrogen (secondary N) is 1. The Morgan fingerprint density at radius 2 is 0.893 bits per heavy atom. The van der Waals surface area contributed by atoms with Crippen LogP contribution in [0, 0.1) is 0 Å². The molecule has 0 aliphatic carbocycles. The number of hydrogen-bond donors (Lipinski definition) is 1. The molecule has 28 heavy (non-hydrogen) atoms. The Balaban J connectivity index is 1.63. The highest BCUT2D eigenvalue weighted by molar-refractivity contribution is 5.51. The minimum absolute atomic E-state index is 0.335. The molecule has 0 spiro atoms. The maximum absolute atomic E-state index is 12.5. The average Bonchev–Trinajstić information content (AvgIpc) is 2.71. The first-order valence-electron chi connectivity index (χ1n) is 8.33. The third-order valence-corrected chi connectivity index (χ3v) is 3.76. The molecule has 0 aliphatic rings. The van der Waals surface area contributed by atoms with Crippen molar-refractivity contribution < 1.29 is 13.2 Å². The Morgan fingerprint density at radius 1 is 0.571 bits per heavy atom. The van der Waals surface area contributed by atoms with Gasteiger partial charge in [-0.1, -0.05) is 0 Å². The van der Waals surface area contributed by atoms with Crippen molar-refractivity contribution in [2.24, 2.45) is 20.5 Å². The van der Waals surface area contributed by atoms with E-state index in [1.165, 1.54) is 12.1 Å². The Hall–Kier alpha value is -3.55. The van der Waals surface area contributed by atoms with Crippen molar-refractivity contribution >= 4 is 28.4 Å². The number of rotatable bonds is 5. The van der Waals surface area contributed by atoms with Gasteiger partial charge in [-0.25, -0.2) is 0 Å². The standard InChI is InChI=1S/C20H16F3N5/c1-24-15-6-8-17(9-7-15)26-28-19-12-10-18(11-13-19)27-25-16-4-2-14(3-5-16)20(21,22)23/h2-13,24H,1H3. The van der Waals surface area contributed by atoms with Crippen molar-refractivity contribution in [3.05, 3.63) is 78.4 Å². The first-order valence-corrected chi connectivity index (χ1v) is 8.33. The molecule has 142 valence electrons. The van der Waals surface area contributed by atoms with Crippen molar-refractivity contribution in [2.45, 2.75) is 6.18 Å². The second kappa shape index (κ2) is 8.43. The fourth-order valence-corrected chi connectivity index (χ4v) is 2.23. The van der Waals surface area contributed by atoms with Gasteiger partial charge in [-0.05, 0) is 72.8 Å². The van der Waals surface area contributed by atoms with Gasteiger partial charge < -0.3 is 5.32 Å². The van der Waals surface area contributed by atoms with Gasteiger partial charge in [0.1, 0.15) is 0 Å². The van der Waals surface area contributed by atoms with Gasteiger partial charge >= 0.3 is 6.18 Å². The molecule has 0 aromatic heterocycles. The normalized spacial score (nSPS) is 12.0. The van der Waals surface area contributed by atoms with Gasteiger partial charge in [0.25, 0.3) is 0 Å². The van der Waals surface area contributed by atoms with Crippen LogP contribution in [0.25, 0.3) is 0 Å². The zero-order valence-corrected chi connectivity index (χ0v) is 14.9. The van der Waals surface area contributed by atoms with E-state index in [0.717, 1.165) is 23.5 Å².